The molecule has 0 radical (unpaired) electrons. The third-order valence-corrected chi connectivity index (χ3v) is 6.99. The number of nitrogens with one attached hydrogen (secondary N) is 3. The van der Waals surface area contributed by atoms with E-state index in [9.17, 15) is 18.0 Å². The number of benzene rings is 1. The van der Waals surface area contributed by atoms with Gasteiger partial charge in [0, 0.05) is 12.1 Å². The van der Waals surface area contributed by atoms with Crippen molar-refractivity contribution in [2.75, 3.05) is 29.6 Å². The van der Waals surface area contributed by atoms with Gasteiger partial charge < -0.3 is 24.6 Å². The summed E-state index contributed by atoms with van der Waals surface area (Å²) in [6.45, 7) is 1.54. The second kappa shape index (κ2) is 9.46. The lowest BCUT2D eigenvalue weighted by Crippen LogP contribution is -2.19. The highest BCUT2D eigenvalue weighted by Gasteiger charge is 2.27. The number of ether oxygens (including phenoxy) is 2. The number of sulfonamides is 1. The molecule has 2 aromatic heterocycles. The second-order valence-electron chi connectivity index (χ2n) is 6.10. The van der Waals surface area contributed by atoms with Crippen LogP contribution in [-0.4, -0.2) is 40.1 Å². The van der Waals surface area contributed by atoms with Crippen LogP contribution in [0.25, 0.3) is 0 Å². The van der Waals surface area contributed by atoms with Gasteiger partial charge in [0.25, 0.3) is 21.8 Å². The van der Waals surface area contributed by atoms with E-state index in [2.05, 4.69) is 20.5 Å². The van der Waals surface area contributed by atoms with Gasteiger partial charge in [-0.05, 0) is 18.4 Å². The monoisotopic (exact) mass is 500 g/mol. The molecule has 32 heavy (non-hydrogen) atoms. The van der Waals surface area contributed by atoms with E-state index in [4.69, 9.17) is 25.6 Å². The van der Waals surface area contributed by atoms with Crippen LogP contribution in [0, 0.1) is 6.92 Å². The molecule has 2 amide bonds. The molecule has 2 heterocycles. The summed E-state index contributed by atoms with van der Waals surface area (Å²) in [5.74, 6) is -0.395. The molecule has 0 aliphatic carbocycles. The minimum absolute atomic E-state index is 0.00436. The van der Waals surface area contributed by atoms with Gasteiger partial charge in [0.15, 0.2) is 11.5 Å². The molecular formula is C18H17ClN4O7S2. The Morgan fingerprint density at radius 2 is 1.88 bits per heavy atom. The number of hydrogen-bond acceptors (Lipinski definition) is 9. The van der Waals surface area contributed by atoms with Crippen molar-refractivity contribution in [1.29, 1.82) is 0 Å². The molecule has 0 saturated heterocycles. The number of anilines is 3. The summed E-state index contributed by atoms with van der Waals surface area (Å²) >= 11 is 6.87. The number of thiophene rings is 1. The number of nitrogens with zero attached hydrogens (tertiary/aromatic N) is 1. The normalized spacial score (nSPS) is 11.0. The Bertz CT molecular complexity index is 1270. The van der Waals surface area contributed by atoms with Crippen LogP contribution in [0.5, 0.6) is 11.5 Å². The predicted molar refractivity (Wildman–Crippen MR) is 119 cm³/mol. The van der Waals surface area contributed by atoms with Crippen LogP contribution in [0.3, 0.4) is 0 Å². The van der Waals surface area contributed by atoms with Gasteiger partial charge in [-0.25, -0.2) is 13.1 Å². The van der Waals surface area contributed by atoms with Gasteiger partial charge in [-0.3, -0.25) is 9.59 Å². The first-order valence-electron chi connectivity index (χ1n) is 8.71. The quantitative estimate of drug-likeness (QED) is 0.379. The van der Waals surface area contributed by atoms with E-state index in [1.807, 2.05) is 0 Å². The molecule has 0 aliphatic rings. The number of amides is 2. The van der Waals surface area contributed by atoms with Crippen molar-refractivity contribution in [2.45, 2.75) is 11.8 Å². The molecule has 1 aromatic carbocycles. The highest BCUT2D eigenvalue weighted by atomic mass is 35.5. The van der Waals surface area contributed by atoms with Crippen molar-refractivity contribution in [3.8, 4) is 11.5 Å². The summed E-state index contributed by atoms with van der Waals surface area (Å²) < 4.78 is 43.1. The summed E-state index contributed by atoms with van der Waals surface area (Å²) in [7, 11) is -1.41. The molecule has 0 saturated carbocycles. The van der Waals surface area contributed by atoms with Crippen LogP contribution in [-0.2, 0) is 14.8 Å². The maximum atomic E-state index is 12.9. The summed E-state index contributed by atoms with van der Waals surface area (Å²) in [6.07, 6.45) is 0.422. The van der Waals surface area contributed by atoms with Crippen molar-refractivity contribution < 1.29 is 32.0 Å². The zero-order chi connectivity index (χ0) is 23.5. The Labute approximate surface area is 191 Å². The summed E-state index contributed by atoms with van der Waals surface area (Å²) in [5, 5.41) is 10.1. The zero-order valence-corrected chi connectivity index (χ0v) is 19.3. The number of halogens is 1. The summed E-state index contributed by atoms with van der Waals surface area (Å²) in [6, 6.07) is 4.14. The van der Waals surface area contributed by atoms with E-state index >= 15 is 0 Å². The SMILES string of the molecule is COc1cc(NC=O)c(NC(=O)c2sccc2S(=O)(=O)Nc2onc(C)c2Cl)cc1OC. The van der Waals surface area contributed by atoms with Crippen LogP contribution < -0.4 is 24.8 Å². The molecule has 14 heteroatoms. The van der Waals surface area contributed by atoms with Gasteiger partial charge >= 0.3 is 0 Å². The molecule has 0 bridgehead atoms. The minimum Gasteiger partial charge on any atom is -0.493 e. The molecular weight excluding hydrogens is 484 g/mol. The van der Waals surface area contributed by atoms with Gasteiger partial charge in [-0.1, -0.05) is 16.8 Å². The lowest BCUT2D eigenvalue weighted by Gasteiger charge is -2.15. The molecule has 0 fully saturated rings. The Morgan fingerprint density at radius 3 is 2.44 bits per heavy atom. The van der Waals surface area contributed by atoms with Gasteiger partial charge in [0.1, 0.15) is 20.5 Å². The number of carbonyl (C=O) groups is 2. The van der Waals surface area contributed by atoms with Crippen molar-refractivity contribution in [3.63, 3.8) is 0 Å². The molecule has 170 valence electrons. The molecule has 0 atom stereocenters. The Morgan fingerprint density at radius 1 is 1.22 bits per heavy atom. The summed E-state index contributed by atoms with van der Waals surface area (Å²) in [4.78, 5) is 23.5. The topological polar surface area (TPSA) is 149 Å². The highest BCUT2D eigenvalue weighted by molar-refractivity contribution is 7.93. The minimum atomic E-state index is -4.23. The number of hydrogen-bond donors (Lipinski definition) is 3. The zero-order valence-electron chi connectivity index (χ0n) is 16.9. The van der Waals surface area contributed by atoms with Gasteiger partial charge in [0.2, 0.25) is 6.41 Å². The fraction of sp³-hybridized carbons (Fsp3) is 0.167. The van der Waals surface area contributed by atoms with Crippen LogP contribution in [0.1, 0.15) is 15.4 Å². The van der Waals surface area contributed by atoms with Crippen molar-refractivity contribution in [3.05, 3.63) is 39.2 Å². The molecule has 0 spiro atoms. The third-order valence-electron chi connectivity index (χ3n) is 4.13. The average molecular weight is 501 g/mol. The van der Waals surface area contributed by atoms with E-state index in [1.54, 1.807) is 6.92 Å². The number of methoxy groups -OCH3 is 2. The average Bonchev–Trinajstić information content (AvgIpc) is 3.38. The molecule has 3 aromatic rings. The van der Waals surface area contributed by atoms with Crippen LogP contribution in [0.4, 0.5) is 17.3 Å². The van der Waals surface area contributed by atoms with Gasteiger partial charge in [0.05, 0.1) is 25.6 Å². The number of rotatable bonds is 9. The van der Waals surface area contributed by atoms with Gasteiger partial charge in [-0.2, -0.15) is 0 Å². The Balaban J connectivity index is 1.93. The van der Waals surface area contributed by atoms with E-state index < -0.39 is 15.9 Å². The largest absolute Gasteiger partial charge is 0.493 e. The van der Waals surface area contributed by atoms with Gasteiger partial charge in [-0.15, -0.1) is 11.3 Å². The van der Waals surface area contributed by atoms with Crippen LogP contribution in [0.15, 0.2) is 33.0 Å². The number of aromatic nitrogens is 1. The first kappa shape index (κ1) is 23.4. The first-order valence-corrected chi connectivity index (χ1v) is 11.5. The number of carbonyl (C=O) groups excluding carboxylic acids is 2. The standard InChI is InChI=1S/C18H17ClN4O7S2/c1-9-15(19)18(30-22-9)23-32(26,27)14-4-5-31-16(14)17(25)21-11-7-13(29-3)12(28-2)6-10(11)20-8-24/h4-8,23H,1-3H3,(H,20,24)(H,21,25). The van der Waals surface area contributed by atoms with E-state index in [-0.39, 0.29) is 37.8 Å². The van der Waals surface area contributed by atoms with E-state index in [0.717, 1.165) is 11.3 Å². The number of aryl methyl sites for hydroxylation is 1. The van der Waals surface area contributed by atoms with Crippen molar-refractivity contribution >= 4 is 62.5 Å². The molecule has 3 N–H and O–H groups in total. The molecule has 0 aliphatic heterocycles. The molecule has 11 nitrogen and oxygen atoms in total. The predicted octanol–water partition coefficient (Wildman–Crippen LogP) is 3.34. The van der Waals surface area contributed by atoms with Crippen molar-refractivity contribution in [1.82, 2.24) is 5.16 Å². The maximum absolute atomic E-state index is 12.9. The van der Waals surface area contributed by atoms with E-state index in [0.29, 0.717) is 17.9 Å². The third kappa shape index (κ3) is 4.64. The smallest absolute Gasteiger partial charge is 0.267 e. The highest BCUT2D eigenvalue weighted by Crippen LogP contribution is 2.37. The fourth-order valence-corrected chi connectivity index (χ4v) is 5.11. The Hall–Kier alpha value is -3.29. The fourth-order valence-electron chi connectivity index (χ4n) is 2.62. The van der Waals surface area contributed by atoms with Crippen LogP contribution >= 0.6 is 22.9 Å². The van der Waals surface area contributed by atoms with E-state index in [1.165, 1.54) is 37.8 Å². The lowest BCUT2D eigenvalue weighted by molar-refractivity contribution is -0.105. The first-order chi connectivity index (χ1) is 15.2. The maximum Gasteiger partial charge on any atom is 0.267 e. The molecule has 3 rings (SSSR count). The lowest BCUT2D eigenvalue weighted by atomic mass is 10.2. The Kier molecular flexibility index (Phi) is 6.91. The summed E-state index contributed by atoms with van der Waals surface area (Å²) in [5.41, 5.74) is 0.684. The second-order valence-corrected chi connectivity index (χ2v) is 9.04. The van der Waals surface area contributed by atoms with Crippen LogP contribution in [0.2, 0.25) is 5.02 Å². The van der Waals surface area contributed by atoms with Crippen molar-refractivity contribution in [2.24, 2.45) is 0 Å². The molecule has 0 unspecified atom stereocenters.